The fraction of sp³-hybridized carbons (Fsp3) is 0.750. The SMILES string of the molecule is CCCCn1c(O)c(C(=N)N)c(=O)n(C2CCC(C)(CN3C(=O)N(COCC[Si](C)(C)C)C(=O)C3(C)C)CC2)c1=O. The predicted molar refractivity (Wildman–Crippen MR) is 160 cm³/mol. The maximum atomic E-state index is 13.4. The number of nitrogens with one attached hydrogen (secondary N) is 1. The molecule has 1 aromatic rings. The molecular weight excluding hydrogens is 544 g/mol. The summed E-state index contributed by atoms with van der Waals surface area (Å²) in [4.78, 5) is 56.0. The number of nitrogen functional groups attached to an aromatic ring is 1. The zero-order valence-electron chi connectivity index (χ0n) is 25.7. The Bertz CT molecular complexity index is 1290. The maximum Gasteiger partial charge on any atom is 0.334 e. The molecule has 41 heavy (non-hydrogen) atoms. The lowest BCUT2D eigenvalue weighted by atomic mass is 9.73. The van der Waals surface area contributed by atoms with E-state index in [2.05, 4.69) is 26.6 Å². The van der Waals surface area contributed by atoms with Crippen molar-refractivity contribution in [2.45, 2.75) is 110 Å². The minimum absolute atomic E-state index is 0.0621. The van der Waals surface area contributed by atoms with Crippen LogP contribution >= 0.6 is 0 Å². The molecule has 1 saturated carbocycles. The first-order valence-corrected chi connectivity index (χ1v) is 18.3. The first-order chi connectivity index (χ1) is 18.9. The molecule has 12 nitrogen and oxygen atoms in total. The van der Waals surface area contributed by atoms with Crippen LogP contribution in [0.4, 0.5) is 4.79 Å². The number of imide groups is 1. The number of amides is 3. The third kappa shape index (κ3) is 6.77. The van der Waals surface area contributed by atoms with Crippen molar-refractivity contribution >= 4 is 25.8 Å². The van der Waals surface area contributed by atoms with Crippen molar-refractivity contribution in [1.82, 2.24) is 18.9 Å². The second-order valence-electron chi connectivity index (χ2n) is 13.6. The maximum absolute atomic E-state index is 13.4. The van der Waals surface area contributed by atoms with Crippen molar-refractivity contribution in [3.05, 3.63) is 26.4 Å². The first-order valence-electron chi connectivity index (χ1n) is 14.6. The van der Waals surface area contributed by atoms with Crippen LogP contribution in [0.2, 0.25) is 25.7 Å². The van der Waals surface area contributed by atoms with Crippen LogP contribution < -0.4 is 17.0 Å². The number of rotatable bonds is 12. The van der Waals surface area contributed by atoms with Crippen LogP contribution in [-0.2, 0) is 16.1 Å². The number of hydrogen-bond acceptors (Lipinski definition) is 7. The van der Waals surface area contributed by atoms with E-state index in [0.717, 1.165) is 21.6 Å². The zero-order chi connectivity index (χ0) is 30.9. The van der Waals surface area contributed by atoms with Gasteiger partial charge in [0.15, 0.2) is 0 Å². The van der Waals surface area contributed by atoms with E-state index >= 15 is 0 Å². The smallest absolute Gasteiger partial charge is 0.334 e. The Balaban J connectivity index is 1.77. The number of unbranched alkanes of at least 4 members (excludes halogenated alkanes) is 1. The molecule has 13 heteroatoms. The summed E-state index contributed by atoms with van der Waals surface area (Å²) in [6.45, 7) is 15.3. The van der Waals surface area contributed by atoms with Crippen molar-refractivity contribution in [2.75, 3.05) is 19.9 Å². The second-order valence-corrected chi connectivity index (χ2v) is 19.2. The molecule has 1 aliphatic heterocycles. The van der Waals surface area contributed by atoms with Crippen LogP contribution in [0.25, 0.3) is 0 Å². The molecule has 2 fully saturated rings. The summed E-state index contributed by atoms with van der Waals surface area (Å²) in [5, 5.41) is 18.4. The summed E-state index contributed by atoms with van der Waals surface area (Å²) in [5.74, 6) is -1.43. The quantitative estimate of drug-likeness (QED) is 0.110. The minimum Gasteiger partial charge on any atom is -0.494 e. The average molecular weight is 593 g/mol. The molecule has 0 aromatic carbocycles. The van der Waals surface area contributed by atoms with E-state index < -0.39 is 42.6 Å². The highest BCUT2D eigenvalue weighted by atomic mass is 28.3. The number of hydrogen-bond donors (Lipinski definition) is 3. The summed E-state index contributed by atoms with van der Waals surface area (Å²) in [6.07, 6.45) is 3.58. The molecule has 0 bridgehead atoms. The van der Waals surface area contributed by atoms with E-state index in [1.165, 1.54) is 4.90 Å². The highest BCUT2D eigenvalue weighted by Gasteiger charge is 2.53. The van der Waals surface area contributed by atoms with E-state index in [1.807, 2.05) is 6.92 Å². The Kier molecular flexibility index (Phi) is 9.63. The van der Waals surface area contributed by atoms with Crippen LogP contribution in [0.15, 0.2) is 9.59 Å². The van der Waals surface area contributed by atoms with Gasteiger partial charge in [-0.25, -0.2) is 14.5 Å². The van der Waals surface area contributed by atoms with Gasteiger partial charge in [0.1, 0.15) is 23.7 Å². The van der Waals surface area contributed by atoms with Crippen molar-refractivity contribution in [1.29, 1.82) is 5.41 Å². The van der Waals surface area contributed by atoms with E-state index in [9.17, 15) is 24.3 Å². The molecule has 1 aliphatic carbocycles. The van der Waals surface area contributed by atoms with E-state index in [0.29, 0.717) is 45.3 Å². The van der Waals surface area contributed by atoms with Crippen molar-refractivity contribution in [3.8, 4) is 5.88 Å². The van der Waals surface area contributed by atoms with Gasteiger partial charge < -0.3 is 20.5 Å². The van der Waals surface area contributed by atoms with Crippen molar-refractivity contribution in [3.63, 3.8) is 0 Å². The Hall–Kier alpha value is -2.93. The van der Waals surface area contributed by atoms with Gasteiger partial charge in [-0.1, -0.05) is 39.9 Å². The fourth-order valence-corrected chi connectivity index (χ4v) is 6.42. The molecule has 230 valence electrons. The summed E-state index contributed by atoms with van der Waals surface area (Å²) in [6, 6.07) is 0.142. The molecular formula is C28H48N6O6Si. The second kappa shape index (κ2) is 12.1. The number of carbonyl (C=O) groups is 2. The Morgan fingerprint density at radius 1 is 1.12 bits per heavy atom. The lowest BCUT2D eigenvalue weighted by Crippen LogP contribution is -2.50. The Morgan fingerprint density at radius 3 is 2.27 bits per heavy atom. The molecule has 3 amide bonds. The van der Waals surface area contributed by atoms with Gasteiger partial charge in [0.05, 0.1) is 0 Å². The molecule has 2 heterocycles. The number of nitrogens with two attached hydrogens (primary N) is 1. The number of urea groups is 1. The fourth-order valence-electron chi connectivity index (χ4n) is 5.66. The first kappa shape index (κ1) is 32.6. The number of aromatic hydroxyl groups is 1. The number of aromatic nitrogens is 2. The molecule has 1 aromatic heterocycles. The van der Waals surface area contributed by atoms with Crippen LogP contribution in [0.1, 0.15) is 77.8 Å². The van der Waals surface area contributed by atoms with Gasteiger partial charge in [-0.05, 0) is 57.4 Å². The average Bonchev–Trinajstić information content (AvgIpc) is 3.01. The van der Waals surface area contributed by atoms with Crippen molar-refractivity contribution in [2.24, 2.45) is 11.1 Å². The lowest BCUT2D eigenvalue weighted by Gasteiger charge is -2.42. The number of carbonyl (C=O) groups excluding carboxylic acids is 2. The topological polar surface area (TPSA) is 164 Å². The molecule has 1 saturated heterocycles. The third-order valence-corrected chi connectivity index (χ3v) is 10.2. The third-order valence-electron chi connectivity index (χ3n) is 8.54. The summed E-state index contributed by atoms with van der Waals surface area (Å²) in [7, 11) is -1.30. The highest BCUT2D eigenvalue weighted by Crippen LogP contribution is 2.43. The van der Waals surface area contributed by atoms with Gasteiger partial charge in [-0.2, -0.15) is 0 Å². The van der Waals surface area contributed by atoms with Crippen LogP contribution in [-0.4, -0.2) is 75.3 Å². The lowest BCUT2D eigenvalue weighted by molar-refractivity contribution is -0.135. The molecule has 4 N–H and O–H groups in total. The van der Waals surface area contributed by atoms with Gasteiger partial charge in [-0.3, -0.25) is 24.1 Å². The van der Waals surface area contributed by atoms with E-state index in [-0.39, 0.29) is 36.2 Å². The van der Waals surface area contributed by atoms with E-state index in [4.69, 9.17) is 15.9 Å². The summed E-state index contributed by atoms with van der Waals surface area (Å²) in [5.41, 5.74) is 2.55. The molecule has 0 unspecified atom stereocenters. The monoisotopic (exact) mass is 592 g/mol. The number of nitrogens with zero attached hydrogens (tertiary/aromatic N) is 4. The van der Waals surface area contributed by atoms with Gasteiger partial charge in [0.2, 0.25) is 5.88 Å². The minimum atomic E-state index is -1.30. The van der Waals surface area contributed by atoms with Crippen LogP contribution in [0.3, 0.4) is 0 Å². The standard InChI is InChI=1S/C28H48N6O6Si/c1-8-9-14-31-22(35)20(21(29)30)23(36)34(26(31)39)19-10-12-28(4,13-11-19)17-33-25(38)32(24(37)27(33,2)3)18-40-15-16-41(5,6)7/h19,35H,8-18H2,1-7H3,(H3,29,30). The molecule has 0 radical (unpaired) electrons. The van der Waals surface area contributed by atoms with Gasteiger partial charge in [0, 0.05) is 33.8 Å². The van der Waals surface area contributed by atoms with Gasteiger partial charge >= 0.3 is 11.7 Å². The zero-order valence-corrected chi connectivity index (χ0v) is 26.7. The number of ether oxygens (including phenoxy) is 1. The molecule has 0 atom stereocenters. The predicted octanol–water partition coefficient (Wildman–Crippen LogP) is 3.28. The summed E-state index contributed by atoms with van der Waals surface area (Å²) >= 11 is 0. The van der Waals surface area contributed by atoms with Gasteiger partial charge in [-0.15, -0.1) is 0 Å². The van der Waals surface area contributed by atoms with Crippen LogP contribution in [0, 0.1) is 10.8 Å². The highest BCUT2D eigenvalue weighted by molar-refractivity contribution is 6.76. The number of amidine groups is 1. The molecule has 3 rings (SSSR count). The summed E-state index contributed by atoms with van der Waals surface area (Å²) < 4.78 is 8.00. The normalized spacial score (nSPS) is 23.0. The van der Waals surface area contributed by atoms with Gasteiger partial charge in [0.25, 0.3) is 11.5 Å². The molecule has 0 spiro atoms. The van der Waals surface area contributed by atoms with Crippen molar-refractivity contribution < 1.29 is 19.4 Å². The molecule has 2 aliphatic rings. The Morgan fingerprint density at radius 2 is 1.73 bits per heavy atom. The van der Waals surface area contributed by atoms with Crippen LogP contribution in [0.5, 0.6) is 5.88 Å². The van der Waals surface area contributed by atoms with E-state index in [1.54, 1.807) is 18.7 Å². The Labute approximate surface area is 243 Å². The largest absolute Gasteiger partial charge is 0.494 e.